The lowest BCUT2D eigenvalue weighted by molar-refractivity contribution is 0.0624. The summed E-state index contributed by atoms with van der Waals surface area (Å²) in [6.07, 6.45) is 2.61. The van der Waals surface area contributed by atoms with Crippen LogP contribution >= 0.6 is 11.3 Å². The molecule has 1 N–H and O–H groups in total. The zero-order chi connectivity index (χ0) is 28.1. The summed E-state index contributed by atoms with van der Waals surface area (Å²) in [6, 6.07) is 27.6. The SMILES string of the molecule is Cc1nc2sccn2c1C(=O)NC[C@@H](CC(C)C)N(Cc1ccccc1)C(=O)c1ccccc1-c1ccccc1. The van der Waals surface area contributed by atoms with Gasteiger partial charge in [-0.1, -0.05) is 92.7 Å². The second-order valence-electron chi connectivity index (χ2n) is 10.4. The van der Waals surface area contributed by atoms with Crippen LogP contribution < -0.4 is 5.32 Å². The summed E-state index contributed by atoms with van der Waals surface area (Å²) in [5.74, 6) is 0.0792. The first-order valence-corrected chi connectivity index (χ1v) is 14.5. The van der Waals surface area contributed by atoms with Gasteiger partial charge in [-0.25, -0.2) is 4.98 Å². The Labute approximate surface area is 239 Å². The topological polar surface area (TPSA) is 66.7 Å². The number of aromatic nitrogens is 2. The molecule has 5 aromatic rings. The molecule has 6 nitrogen and oxygen atoms in total. The number of fused-ring (bicyclic) bond motifs is 1. The van der Waals surface area contributed by atoms with Crippen molar-refractivity contribution < 1.29 is 9.59 Å². The minimum Gasteiger partial charge on any atom is -0.349 e. The van der Waals surface area contributed by atoms with Crippen LogP contribution in [0.4, 0.5) is 0 Å². The second-order valence-corrected chi connectivity index (χ2v) is 11.3. The molecular weight excluding hydrogens is 516 g/mol. The fourth-order valence-corrected chi connectivity index (χ4v) is 5.93. The molecule has 0 saturated heterocycles. The van der Waals surface area contributed by atoms with E-state index >= 15 is 0 Å². The maximum absolute atomic E-state index is 14.4. The Morgan fingerprint density at radius 3 is 2.35 bits per heavy atom. The molecule has 2 heterocycles. The van der Waals surface area contributed by atoms with Gasteiger partial charge in [0.05, 0.1) is 5.69 Å². The van der Waals surface area contributed by atoms with Gasteiger partial charge in [0.25, 0.3) is 11.8 Å². The van der Waals surface area contributed by atoms with Crippen LogP contribution in [0.15, 0.2) is 96.5 Å². The molecule has 2 aromatic heterocycles. The molecule has 2 amide bonds. The Morgan fingerprint density at radius 1 is 0.950 bits per heavy atom. The molecule has 1 atom stereocenters. The Balaban J connectivity index is 1.49. The number of benzene rings is 3. The van der Waals surface area contributed by atoms with Gasteiger partial charge in [-0.05, 0) is 42.0 Å². The first-order chi connectivity index (χ1) is 19.4. The van der Waals surface area contributed by atoms with Gasteiger partial charge in [0.15, 0.2) is 4.96 Å². The standard InChI is InChI=1S/C33H34N4O2S/c1-23(2)20-27(21-34-31(38)30-24(3)35-33-36(30)18-19-40-33)37(22-25-12-6-4-7-13-25)32(39)29-17-11-10-16-28(29)26-14-8-5-9-15-26/h4-19,23,27H,20-22H2,1-3H3,(H,34,38)/t27-/m1/s1. The van der Waals surface area contributed by atoms with Crippen LogP contribution in [0, 0.1) is 12.8 Å². The fourth-order valence-electron chi connectivity index (χ4n) is 5.17. The molecule has 7 heteroatoms. The zero-order valence-electron chi connectivity index (χ0n) is 23.1. The minimum absolute atomic E-state index is 0.0519. The van der Waals surface area contributed by atoms with Crippen LogP contribution in [0.5, 0.6) is 0 Å². The van der Waals surface area contributed by atoms with E-state index < -0.39 is 0 Å². The highest BCUT2D eigenvalue weighted by Gasteiger charge is 2.29. The summed E-state index contributed by atoms with van der Waals surface area (Å²) in [5, 5.41) is 5.06. The van der Waals surface area contributed by atoms with Crippen molar-refractivity contribution in [2.45, 2.75) is 39.8 Å². The van der Waals surface area contributed by atoms with E-state index in [2.05, 4.69) is 24.1 Å². The number of aryl methyl sites for hydroxylation is 1. The van der Waals surface area contributed by atoms with Gasteiger partial charge in [-0.2, -0.15) is 0 Å². The van der Waals surface area contributed by atoms with Gasteiger partial charge in [0, 0.05) is 36.3 Å². The maximum atomic E-state index is 14.4. The largest absolute Gasteiger partial charge is 0.349 e. The number of carbonyl (C=O) groups is 2. The van der Waals surface area contributed by atoms with Crippen molar-refractivity contribution in [2.24, 2.45) is 5.92 Å². The molecule has 0 bridgehead atoms. The highest BCUT2D eigenvalue weighted by molar-refractivity contribution is 7.15. The van der Waals surface area contributed by atoms with E-state index in [4.69, 9.17) is 0 Å². The molecule has 5 rings (SSSR count). The normalized spacial score (nSPS) is 12.0. The van der Waals surface area contributed by atoms with Gasteiger partial charge in [-0.3, -0.25) is 14.0 Å². The highest BCUT2D eigenvalue weighted by Crippen LogP contribution is 2.27. The van der Waals surface area contributed by atoms with Crippen LogP contribution in [0.25, 0.3) is 16.1 Å². The van der Waals surface area contributed by atoms with Crippen LogP contribution in [0.1, 0.15) is 52.4 Å². The van der Waals surface area contributed by atoms with E-state index in [1.54, 1.807) is 0 Å². The van der Waals surface area contributed by atoms with Crippen LogP contribution in [-0.4, -0.2) is 38.7 Å². The minimum atomic E-state index is -0.216. The molecule has 0 aliphatic carbocycles. The van der Waals surface area contributed by atoms with E-state index in [9.17, 15) is 9.59 Å². The van der Waals surface area contributed by atoms with Crippen molar-refractivity contribution in [2.75, 3.05) is 6.54 Å². The zero-order valence-corrected chi connectivity index (χ0v) is 23.9. The molecule has 40 heavy (non-hydrogen) atoms. The lowest BCUT2D eigenvalue weighted by atomic mass is 9.96. The summed E-state index contributed by atoms with van der Waals surface area (Å²) in [6.45, 7) is 6.92. The van der Waals surface area contributed by atoms with E-state index in [1.807, 2.05) is 113 Å². The monoisotopic (exact) mass is 550 g/mol. The van der Waals surface area contributed by atoms with Gasteiger partial charge in [0.1, 0.15) is 5.69 Å². The average molecular weight is 551 g/mol. The Hall–Kier alpha value is -4.23. The van der Waals surface area contributed by atoms with Crippen LogP contribution in [-0.2, 0) is 6.54 Å². The summed E-state index contributed by atoms with van der Waals surface area (Å²) < 4.78 is 1.83. The first kappa shape index (κ1) is 27.3. The number of nitrogens with one attached hydrogen (secondary N) is 1. The summed E-state index contributed by atoms with van der Waals surface area (Å²) in [5.41, 5.74) is 4.81. The number of rotatable bonds is 10. The lowest BCUT2D eigenvalue weighted by Gasteiger charge is -2.34. The van der Waals surface area contributed by atoms with Gasteiger partial charge < -0.3 is 10.2 Å². The van der Waals surface area contributed by atoms with Crippen molar-refractivity contribution in [3.63, 3.8) is 0 Å². The molecule has 0 unspecified atom stereocenters. The molecule has 0 aliphatic rings. The Bertz CT molecular complexity index is 1590. The Kier molecular flexibility index (Phi) is 8.41. The fraction of sp³-hybridized carbons (Fsp3) is 0.242. The lowest BCUT2D eigenvalue weighted by Crippen LogP contribution is -2.47. The summed E-state index contributed by atoms with van der Waals surface area (Å²) in [7, 11) is 0. The van der Waals surface area contributed by atoms with Crippen LogP contribution in [0.3, 0.4) is 0 Å². The quantitative estimate of drug-likeness (QED) is 0.207. The third kappa shape index (κ3) is 6.00. The van der Waals surface area contributed by atoms with Crippen LogP contribution in [0.2, 0.25) is 0 Å². The third-order valence-corrected chi connectivity index (χ3v) is 7.79. The van der Waals surface area contributed by atoms with Gasteiger partial charge in [0.2, 0.25) is 0 Å². The molecular formula is C33H34N4O2S. The van der Waals surface area contributed by atoms with E-state index in [1.165, 1.54) is 11.3 Å². The van der Waals surface area contributed by atoms with Crippen molar-refractivity contribution in [1.82, 2.24) is 19.6 Å². The Morgan fingerprint density at radius 2 is 1.62 bits per heavy atom. The van der Waals surface area contributed by atoms with Crippen molar-refractivity contribution in [3.05, 3.63) is 119 Å². The van der Waals surface area contributed by atoms with Gasteiger partial charge in [-0.15, -0.1) is 11.3 Å². The third-order valence-electron chi connectivity index (χ3n) is 7.03. The molecule has 0 radical (unpaired) electrons. The number of hydrogen-bond acceptors (Lipinski definition) is 4. The number of thiazole rings is 1. The molecule has 3 aromatic carbocycles. The average Bonchev–Trinajstić information content (AvgIpc) is 3.54. The maximum Gasteiger partial charge on any atom is 0.270 e. The molecule has 0 aliphatic heterocycles. The smallest absolute Gasteiger partial charge is 0.270 e. The molecule has 0 saturated carbocycles. The van der Waals surface area contributed by atoms with Gasteiger partial charge >= 0.3 is 0 Å². The summed E-state index contributed by atoms with van der Waals surface area (Å²) in [4.78, 5) is 35.1. The van der Waals surface area contributed by atoms with E-state index in [0.29, 0.717) is 36.0 Å². The van der Waals surface area contributed by atoms with E-state index in [0.717, 1.165) is 28.1 Å². The van der Waals surface area contributed by atoms with Crippen molar-refractivity contribution in [3.8, 4) is 11.1 Å². The number of hydrogen-bond donors (Lipinski definition) is 1. The van der Waals surface area contributed by atoms with E-state index in [-0.39, 0.29) is 17.9 Å². The molecule has 0 fully saturated rings. The highest BCUT2D eigenvalue weighted by atomic mass is 32.1. The molecule has 0 spiro atoms. The number of carbonyl (C=O) groups excluding carboxylic acids is 2. The van der Waals surface area contributed by atoms with Crippen molar-refractivity contribution >= 4 is 28.1 Å². The number of imidazole rings is 1. The molecule has 204 valence electrons. The first-order valence-electron chi connectivity index (χ1n) is 13.6. The summed E-state index contributed by atoms with van der Waals surface area (Å²) >= 11 is 1.50. The number of amides is 2. The van der Waals surface area contributed by atoms with Crippen molar-refractivity contribution in [1.29, 1.82) is 0 Å². The predicted molar refractivity (Wildman–Crippen MR) is 162 cm³/mol. The predicted octanol–water partition coefficient (Wildman–Crippen LogP) is 6.86. The second kappa shape index (κ2) is 12.3. The number of nitrogens with zero attached hydrogens (tertiary/aromatic N) is 3.